The Kier molecular flexibility index (Phi) is 5.69. The summed E-state index contributed by atoms with van der Waals surface area (Å²) in [4.78, 5) is 10.8. The molecule has 0 heterocycles. The Bertz CT molecular complexity index is 194. The van der Waals surface area contributed by atoms with Gasteiger partial charge in [-0.15, -0.1) is 0 Å². The van der Waals surface area contributed by atoms with E-state index in [4.69, 9.17) is 0 Å². The fourth-order valence-electron chi connectivity index (χ4n) is 2.39. The maximum absolute atomic E-state index is 10.8. The van der Waals surface area contributed by atoms with Crippen LogP contribution in [-0.4, -0.2) is 26.2 Å². The van der Waals surface area contributed by atoms with Crippen LogP contribution in [0.1, 0.15) is 39.0 Å². The molecular formula is C12H23NO2. The van der Waals surface area contributed by atoms with E-state index in [1.165, 1.54) is 39.2 Å². The van der Waals surface area contributed by atoms with Gasteiger partial charge in [0.2, 0.25) is 0 Å². The predicted octanol–water partition coefficient (Wildman–Crippen LogP) is 1.97. The van der Waals surface area contributed by atoms with Crippen LogP contribution in [0.4, 0.5) is 0 Å². The van der Waals surface area contributed by atoms with Crippen molar-refractivity contribution >= 4 is 5.97 Å². The average Bonchev–Trinajstić information content (AvgIpc) is 2.24. The zero-order valence-corrected chi connectivity index (χ0v) is 9.92. The molecule has 0 radical (unpaired) electrons. The van der Waals surface area contributed by atoms with Gasteiger partial charge in [0.05, 0.1) is 13.7 Å². The second-order valence-electron chi connectivity index (χ2n) is 4.68. The molecule has 3 nitrogen and oxygen atoms in total. The van der Waals surface area contributed by atoms with E-state index in [1.807, 2.05) is 0 Å². The zero-order valence-electron chi connectivity index (χ0n) is 9.92. The van der Waals surface area contributed by atoms with E-state index < -0.39 is 0 Å². The molecule has 0 aromatic heterocycles. The SMILES string of the molecule is COC(=O)CNCCC1CCCC(C)C1. The van der Waals surface area contributed by atoms with Crippen molar-refractivity contribution in [1.82, 2.24) is 5.32 Å². The van der Waals surface area contributed by atoms with Crippen molar-refractivity contribution < 1.29 is 9.53 Å². The first-order valence-electron chi connectivity index (χ1n) is 6.00. The number of carbonyl (C=O) groups is 1. The first-order chi connectivity index (χ1) is 7.22. The number of methoxy groups -OCH3 is 1. The van der Waals surface area contributed by atoms with Gasteiger partial charge in [0.25, 0.3) is 0 Å². The molecule has 0 spiro atoms. The molecule has 1 aliphatic rings. The van der Waals surface area contributed by atoms with Gasteiger partial charge in [-0.1, -0.05) is 26.2 Å². The van der Waals surface area contributed by atoms with Crippen LogP contribution in [0.25, 0.3) is 0 Å². The molecule has 0 aliphatic heterocycles. The van der Waals surface area contributed by atoms with Gasteiger partial charge >= 0.3 is 5.97 Å². The van der Waals surface area contributed by atoms with E-state index in [0.717, 1.165) is 18.4 Å². The minimum atomic E-state index is -0.174. The summed E-state index contributed by atoms with van der Waals surface area (Å²) < 4.78 is 4.56. The Hall–Kier alpha value is -0.570. The highest BCUT2D eigenvalue weighted by molar-refractivity contribution is 5.71. The standard InChI is InChI=1S/C12H23NO2/c1-10-4-3-5-11(8-10)6-7-13-9-12(14)15-2/h10-11,13H,3-9H2,1-2H3. The lowest BCUT2D eigenvalue weighted by atomic mass is 9.81. The average molecular weight is 213 g/mol. The van der Waals surface area contributed by atoms with Gasteiger partial charge in [-0.3, -0.25) is 4.79 Å². The number of rotatable bonds is 5. The number of esters is 1. The van der Waals surface area contributed by atoms with Gasteiger partial charge in [0.1, 0.15) is 0 Å². The van der Waals surface area contributed by atoms with Crippen LogP contribution in [0.15, 0.2) is 0 Å². The van der Waals surface area contributed by atoms with Crippen LogP contribution < -0.4 is 5.32 Å². The van der Waals surface area contributed by atoms with Gasteiger partial charge in [0, 0.05) is 0 Å². The monoisotopic (exact) mass is 213 g/mol. The van der Waals surface area contributed by atoms with E-state index >= 15 is 0 Å². The molecular weight excluding hydrogens is 190 g/mol. The summed E-state index contributed by atoms with van der Waals surface area (Å²) in [6.45, 7) is 3.62. The van der Waals surface area contributed by atoms with E-state index in [0.29, 0.717) is 6.54 Å². The Morgan fingerprint density at radius 1 is 1.47 bits per heavy atom. The Morgan fingerprint density at radius 3 is 2.93 bits per heavy atom. The van der Waals surface area contributed by atoms with Gasteiger partial charge in [-0.2, -0.15) is 0 Å². The van der Waals surface area contributed by atoms with Crippen molar-refractivity contribution in [2.24, 2.45) is 11.8 Å². The number of ether oxygens (including phenoxy) is 1. The number of carbonyl (C=O) groups excluding carboxylic acids is 1. The van der Waals surface area contributed by atoms with E-state index in [-0.39, 0.29) is 5.97 Å². The maximum atomic E-state index is 10.8. The molecule has 1 aliphatic carbocycles. The zero-order chi connectivity index (χ0) is 11.1. The molecule has 3 heteroatoms. The van der Waals surface area contributed by atoms with Crippen LogP contribution in [0.3, 0.4) is 0 Å². The van der Waals surface area contributed by atoms with Crippen LogP contribution >= 0.6 is 0 Å². The number of hydrogen-bond donors (Lipinski definition) is 1. The van der Waals surface area contributed by atoms with Crippen LogP contribution in [0, 0.1) is 11.8 Å². The van der Waals surface area contributed by atoms with Crippen LogP contribution in [0.5, 0.6) is 0 Å². The second-order valence-corrected chi connectivity index (χ2v) is 4.68. The molecule has 2 atom stereocenters. The topological polar surface area (TPSA) is 38.3 Å². The highest BCUT2D eigenvalue weighted by Gasteiger charge is 2.18. The molecule has 1 saturated carbocycles. The third kappa shape index (κ3) is 5.17. The molecule has 0 aromatic carbocycles. The summed E-state index contributed by atoms with van der Waals surface area (Å²) in [7, 11) is 1.42. The molecule has 1 fully saturated rings. The van der Waals surface area contributed by atoms with E-state index in [1.54, 1.807) is 0 Å². The fourth-order valence-corrected chi connectivity index (χ4v) is 2.39. The molecule has 1 rings (SSSR count). The number of nitrogens with one attached hydrogen (secondary N) is 1. The van der Waals surface area contributed by atoms with Crippen molar-refractivity contribution in [3.8, 4) is 0 Å². The highest BCUT2D eigenvalue weighted by Crippen LogP contribution is 2.30. The molecule has 0 bridgehead atoms. The summed E-state index contributed by atoms with van der Waals surface area (Å²) in [5.41, 5.74) is 0. The summed E-state index contributed by atoms with van der Waals surface area (Å²) in [5, 5.41) is 3.12. The van der Waals surface area contributed by atoms with Gasteiger partial charge in [-0.05, 0) is 31.2 Å². The quantitative estimate of drug-likeness (QED) is 0.560. The smallest absolute Gasteiger partial charge is 0.319 e. The molecule has 2 unspecified atom stereocenters. The van der Waals surface area contributed by atoms with E-state index in [9.17, 15) is 4.79 Å². The summed E-state index contributed by atoms with van der Waals surface area (Å²) >= 11 is 0. The first-order valence-corrected chi connectivity index (χ1v) is 6.00. The molecule has 0 amide bonds. The Morgan fingerprint density at radius 2 is 2.27 bits per heavy atom. The molecule has 0 aromatic rings. The minimum Gasteiger partial charge on any atom is -0.468 e. The lowest BCUT2D eigenvalue weighted by Gasteiger charge is -2.26. The largest absolute Gasteiger partial charge is 0.468 e. The van der Waals surface area contributed by atoms with Gasteiger partial charge < -0.3 is 10.1 Å². The normalized spacial score (nSPS) is 26.3. The second kappa shape index (κ2) is 6.83. The van der Waals surface area contributed by atoms with Crippen molar-refractivity contribution in [1.29, 1.82) is 0 Å². The van der Waals surface area contributed by atoms with E-state index in [2.05, 4.69) is 17.0 Å². The lowest BCUT2D eigenvalue weighted by Crippen LogP contribution is -2.27. The molecule has 1 N–H and O–H groups in total. The molecule has 15 heavy (non-hydrogen) atoms. The fraction of sp³-hybridized carbons (Fsp3) is 0.917. The minimum absolute atomic E-state index is 0.174. The van der Waals surface area contributed by atoms with Crippen LogP contribution in [-0.2, 0) is 9.53 Å². The highest BCUT2D eigenvalue weighted by atomic mass is 16.5. The first kappa shape index (κ1) is 12.5. The third-order valence-corrected chi connectivity index (χ3v) is 3.27. The van der Waals surface area contributed by atoms with Crippen molar-refractivity contribution in [3.05, 3.63) is 0 Å². The molecule has 0 saturated heterocycles. The third-order valence-electron chi connectivity index (χ3n) is 3.27. The predicted molar refractivity (Wildman–Crippen MR) is 60.6 cm³/mol. The van der Waals surface area contributed by atoms with Gasteiger partial charge in [0.15, 0.2) is 0 Å². The van der Waals surface area contributed by atoms with Crippen molar-refractivity contribution in [2.75, 3.05) is 20.2 Å². The van der Waals surface area contributed by atoms with Gasteiger partial charge in [-0.25, -0.2) is 0 Å². The Labute approximate surface area is 92.6 Å². The summed E-state index contributed by atoms with van der Waals surface area (Å²) in [6.07, 6.45) is 6.69. The summed E-state index contributed by atoms with van der Waals surface area (Å²) in [6, 6.07) is 0. The molecule has 88 valence electrons. The summed E-state index contributed by atoms with van der Waals surface area (Å²) in [5.74, 6) is 1.58. The van der Waals surface area contributed by atoms with Crippen molar-refractivity contribution in [3.63, 3.8) is 0 Å². The number of hydrogen-bond acceptors (Lipinski definition) is 3. The maximum Gasteiger partial charge on any atom is 0.319 e. The van der Waals surface area contributed by atoms with Crippen LogP contribution in [0.2, 0.25) is 0 Å². The lowest BCUT2D eigenvalue weighted by molar-refractivity contribution is -0.139. The Balaban J connectivity index is 2.02. The van der Waals surface area contributed by atoms with Crippen molar-refractivity contribution in [2.45, 2.75) is 39.0 Å².